The molecule has 3 aromatic rings. The molecular formula is C17H15F2N5. The Bertz CT molecular complexity index is 791. The smallest absolute Gasteiger partial charge is 0.244 e. The molecule has 0 bridgehead atoms. The highest BCUT2D eigenvalue weighted by Crippen LogP contribution is 2.21. The number of halogens is 2. The average molecular weight is 327 g/mol. The lowest BCUT2D eigenvalue weighted by Crippen LogP contribution is -2.10. The first kappa shape index (κ1) is 15.8. The summed E-state index contributed by atoms with van der Waals surface area (Å²) in [6.07, 6.45) is 2.10. The van der Waals surface area contributed by atoms with Crippen molar-refractivity contribution >= 4 is 17.5 Å². The third-order valence-corrected chi connectivity index (χ3v) is 3.31. The zero-order valence-corrected chi connectivity index (χ0v) is 12.7. The highest BCUT2D eigenvalue weighted by atomic mass is 19.1. The quantitative estimate of drug-likeness (QED) is 0.725. The predicted molar refractivity (Wildman–Crippen MR) is 88.1 cm³/mol. The molecule has 0 aliphatic heterocycles. The summed E-state index contributed by atoms with van der Waals surface area (Å²) in [5.74, 6) is -0.914. The van der Waals surface area contributed by atoms with E-state index in [0.29, 0.717) is 6.54 Å². The van der Waals surface area contributed by atoms with Crippen LogP contribution >= 0.6 is 0 Å². The number of rotatable bonds is 6. The molecule has 7 heteroatoms. The summed E-state index contributed by atoms with van der Waals surface area (Å²) in [4.78, 5) is 4.15. The van der Waals surface area contributed by atoms with Gasteiger partial charge in [-0.15, -0.1) is 5.10 Å². The highest BCUT2D eigenvalue weighted by Gasteiger charge is 2.10. The van der Waals surface area contributed by atoms with Gasteiger partial charge in [0, 0.05) is 6.54 Å². The van der Waals surface area contributed by atoms with Gasteiger partial charge in [-0.2, -0.15) is 10.1 Å². The molecule has 0 aliphatic rings. The van der Waals surface area contributed by atoms with Crippen LogP contribution in [-0.4, -0.2) is 21.7 Å². The fourth-order valence-corrected chi connectivity index (χ4v) is 2.15. The first-order valence-corrected chi connectivity index (χ1v) is 7.41. The fourth-order valence-electron chi connectivity index (χ4n) is 2.15. The SMILES string of the molecule is Fc1cccc(F)c1Nc1cnnc(NCCc2ccccc2)n1. The Morgan fingerprint density at radius 2 is 1.67 bits per heavy atom. The number of aromatic nitrogens is 3. The fraction of sp³-hybridized carbons (Fsp3) is 0.118. The number of hydrogen-bond donors (Lipinski definition) is 2. The minimum atomic E-state index is -0.702. The van der Waals surface area contributed by atoms with E-state index in [9.17, 15) is 8.78 Å². The maximum Gasteiger partial charge on any atom is 0.244 e. The zero-order valence-electron chi connectivity index (χ0n) is 12.7. The molecule has 1 heterocycles. The van der Waals surface area contributed by atoms with Gasteiger partial charge >= 0.3 is 0 Å². The van der Waals surface area contributed by atoms with Crippen LogP contribution in [0.3, 0.4) is 0 Å². The predicted octanol–water partition coefficient (Wildman–Crippen LogP) is 3.55. The van der Waals surface area contributed by atoms with Crippen molar-refractivity contribution in [1.82, 2.24) is 15.2 Å². The molecule has 0 amide bonds. The molecule has 0 saturated carbocycles. The Kier molecular flexibility index (Phi) is 4.90. The van der Waals surface area contributed by atoms with Gasteiger partial charge in [0.25, 0.3) is 0 Å². The minimum absolute atomic E-state index is 0.205. The lowest BCUT2D eigenvalue weighted by molar-refractivity contribution is 0.590. The van der Waals surface area contributed by atoms with Gasteiger partial charge in [0.1, 0.15) is 17.3 Å². The van der Waals surface area contributed by atoms with Crippen LogP contribution in [-0.2, 0) is 6.42 Å². The van der Waals surface area contributed by atoms with Crippen molar-refractivity contribution < 1.29 is 8.78 Å². The van der Waals surface area contributed by atoms with Gasteiger partial charge in [-0.3, -0.25) is 0 Å². The maximum atomic E-state index is 13.6. The van der Waals surface area contributed by atoms with Crippen molar-refractivity contribution in [3.63, 3.8) is 0 Å². The highest BCUT2D eigenvalue weighted by molar-refractivity contribution is 5.57. The average Bonchev–Trinajstić information content (AvgIpc) is 2.60. The van der Waals surface area contributed by atoms with Gasteiger partial charge in [0.05, 0.1) is 6.20 Å². The van der Waals surface area contributed by atoms with E-state index in [0.717, 1.165) is 6.42 Å². The van der Waals surface area contributed by atoms with Crippen LogP contribution in [0.15, 0.2) is 54.7 Å². The van der Waals surface area contributed by atoms with E-state index in [1.807, 2.05) is 30.3 Å². The van der Waals surface area contributed by atoms with E-state index in [2.05, 4.69) is 25.8 Å². The van der Waals surface area contributed by atoms with Crippen molar-refractivity contribution in [2.24, 2.45) is 0 Å². The molecule has 0 fully saturated rings. The Hall–Kier alpha value is -3.09. The van der Waals surface area contributed by atoms with E-state index in [4.69, 9.17) is 0 Å². The van der Waals surface area contributed by atoms with Gasteiger partial charge in [-0.1, -0.05) is 36.4 Å². The normalized spacial score (nSPS) is 10.4. The van der Waals surface area contributed by atoms with Gasteiger partial charge in [0.15, 0.2) is 5.82 Å². The van der Waals surface area contributed by atoms with Crippen molar-refractivity contribution in [3.05, 3.63) is 71.9 Å². The van der Waals surface area contributed by atoms with Crippen LogP contribution in [0.1, 0.15) is 5.56 Å². The van der Waals surface area contributed by atoms with Gasteiger partial charge in [-0.05, 0) is 24.1 Å². The van der Waals surface area contributed by atoms with E-state index in [1.54, 1.807) is 0 Å². The molecule has 0 atom stereocenters. The first-order chi connectivity index (χ1) is 11.7. The Labute approximate surface area is 137 Å². The van der Waals surface area contributed by atoms with Crippen molar-refractivity contribution in [1.29, 1.82) is 0 Å². The van der Waals surface area contributed by atoms with Crippen molar-refractivity contribution in [2.45, 2.75) is 6.42 Å². The number of benzene rings is 2. The Morgan fingerprint density at radius 3 is 2.42 bits per heavy atom. The molecule has 1 aromatic heterocycles. The van der Waals surface area contributed by atoms with Gasteiger partial charge < -0.3 is 10.6 Å². The molecule has 2 N–H and O–H groups in total. The molecule has 2 aromatic carbocycles. The number of anilines is 3. The van der Waals surface area contributed by atoms with Crippen LogP contribution < -0.4 is 10.6 Å². The molecule has 0 aliphatic carbocycles. The van der Waals surface area contributed by atoms with E-state index >= 15 is 0 Å². The van der Waals surface area contributed by atoms with Crippen molar-refractivity contribution in [2.75, 3.05) is 17.2 Å². The number of nitrogens with one attached hydrogen (secondary N) is 2. The molecular weight excluding hydrogens is 312 g/mol. The standard InChI is InChI=1S/C17H15F2N5/c18-13-7-4-8-14(19)16(13)22-15-11-21-24-17(23-15)20-10-9-12-5-2-1-3-6-12/h1-8,11H,9-10H2,(H2,20,22,23,24). The van der Waals surface area contributed by atoms with Gasteiger partial charge in [0.2, 0.25) is 5.95 Å². The molecule has 0 saturated heterocycles. The number of hydrogen-bond acceptors (Lipinski definition) is 5. The second-order valence-electron chi connectivity index (χ2n) is 5.05. The second-order valence-corrected chi connectivity index (χ2v) is 5.05. The largest absolute Gasteiger partial charge is 0.353 e. The van der Waals surface area contributed by atoms with Crippen LogP contribution in [0, 0.1) is 11.6 Å². The Balaban J connectivity index is 1.64. The second kappa shape index (κ2) is 7.45. The van der Waals surface area contributed by atoms with Crippen molar-refractivity contribution in [3.8, 4) is 0 Å². The van der Waals surface area contributed by atoms with Crippen LogP contribution in [0.25, 0.3) is 0 Å². The third-order valence-electron chi connectivity index (χ3n) is 3.31. The number of nitrogens with zero attached hydrogens (tertiary/aromatic N) is 3. The number of para-hydroxylation sites is 1. The summed E-state index contributed by atoms with van der Waals surface area (Å²) in [5.41, 5.74) is 0.911. The summed E-state index contributed by atoms with van der Waals surface area (Å²) >= 11 is 0. The molecule has 5 nitrogen and oxygen atoms in total. The zero-order chi connectivity index (χ0) is 16.8. The molecule has 0 radical (unpaired) electrons. The van der Waals surface area contributed by atoms with E-state index in [1.165, 1.54) is 30.0 Å². The topological polar surface area (TPSA) is 62.7 Å². The van der Waals surface area contributed by atoms with Crippen LogP contribution in [0.5, 0.6) is 0 Å². The summed E-state index contributed by atoms with van der Waals surface area (Å²) < 4.78 is 27.3. The van der Waals surface area contributed by atoms with E-state index in [-0.39, 0.29) is 17.5 Å². The lowest BCUT2D eigenvalue weighted by Gasteiger charge is -2.09. The first-order valence-electron chi connectivity index (χ1n) is 7.41. The van der Waals surface area contributed by atoms with Crippen LogP contribution in [0.4, 0.5) is 26.2 Å². The Morgan fingerprint density at radius 1 is 0.917 bits per heavy atom. The van der Waals surface area contributed by atoms with Gasteiger partial charge in [-0.25, -0.2) is 8.78 Å². The minimum Gasteiger partial charge on any atom is -0.353 e. The maximum absolute atomic E-state index is 13.6. The molecule has 0 unspecified atom stereocenters. The molecule has 3 rings (SSSR count). The summed E-state index contributed by atoms with van der Waals surface area (Å²) in [6, 6.07) is 13.6. The third kappa shape index (κ3) is 4.01. The summed E-state index contributed by atoms with van der Waals surface area (Å²) in [7, 11) is 0. The molecule has 24 heavy (non-hydrogen) atoms. The summed E-state index contributed by atoms with van der Waals surface area (Å²) in [5, 5.41) is 13.3. The summed E-state index contributed by atoms with van der Waals surface area (Å²) in [6.45, 7) is 0.614. The molecule has 0 spiro atoms. The van der Waals surface area contributed by atoms with E-state index < -0.39 is 11.6 Å². The monoisotopic (exact) mass is 327 g/mol. The van der Waals surface area contributed by atoms with Crippen LogP contribution in [0.2, 0.25) is 0 Å². The molecule has 122 valence electrons. The lowest BCUT2D eigenvalue weighted by atomic mass is 10.1.